The quantitative estimate of drug-likeness (QED) is 0.740. The number of amides is 1. The highest BCUT2D eigenvalue weighted by atomic mass is 16.2. The predicted octanol–water partition coefficient (Wildman–Crippen LogP) is 2.12. The molecule has 0 radical (unpaired) electrons. The van der Waals surface area contributed by atoms with Gasteiger partial charge in [0.2, 0.25) is 5.91 Å². The van der Waals surface area contributed by atoms with E-state index in [1.807, 2.05) is 6.92 Å². The first-order valence-electron chi connectivity index (χ1n) is 6.52. The molecule has 16 heavy (non-hydrogen) atoms. The lowest BCUT2D eigenvalue weighted by Gasteiger charge is -2.45. The fourth-order valence-electron chi connectivity index (χ4n) is 3.34. The van der Waals surface area contributed by atoms with E-state index in [0.717, 1.165) is 6.42 Å². The lowest BCUT2D eigenvalue weighted by atomic mass is 9.72. The van der Waals surface area contributed by atoms with Gasteiger partial charge in [-0.05, 0) is 32.1 Å². The van der Waals surface area contributed by atoms with E-state index in [0.29, 0.717) is 6.04 Å². The zero-order valence-electron chi connectivity index (χ0n) is 10.9. The van der Waals surface area contributed by atoms with Gasteiger partial charge in [0.1, 0.15) is 0 Å². The van der Waals surface area contributed by atoms with Crippen molar-refractivity contribution in [2.45, 2.75) is 71.6 Å². The van der Waals surface area contributed by atoms with E-state index in [1.54, 1.807) is 0 Å². The first kappa shape index (κ1) is 11.9. The van der Waals surface area contributed by atoms with E-state index in [1.165, 1.54) is 19.3 Å². The van der Waals surface area contributed by atoms with Gasteiger partial charge in [0.25, 0.3) is 0 Å². The maximum Gasteiger partial charge on any atom is 0.240 e. The summed E-state index contributed by atoms with van der Waals surface area (Å²) in [4.78, 5) is 14.3. The molecular formula is C13H24N2O. The molecule has 3 heteroatoms. The second kappa shape index (κ2) is 4.02. The van der Waals surface area contributed by atoms with Crippen molar-refractivity contribution in [2.75, 3.05) is 0 Å². The SMILES string of the molecule is CC1NC(C)N(C2CCCCC2(C)C)C1=O. The Labute approximate surface area is 98.6 Å². The predicted molar refractivity (Wildman–Crippen MR) is 64.9 cm³/mol. The van der Waals surface area contributed by atoms with Gasteiger partial charge in [-0.15, -0.1) is 0 Å². The second-order valence-corrected chi connectivity index (χ2v) is 6.06. The Balaban J connectivity index is 2.19. The molecule has 1 amide bonds. The Bertz CT molecular complexity index is 288. The number of carbonyl (C=O) groups is 1. The van der Waals surface area contributed by atoms with Gasteiger partial charge >= 0.3 is 0 Å². The van der Waals surface area contributed by atoms with Crippen molar-refractivity contribution in [1.29, 1.82) is 0 Å². The van der Waals surface area contributed by atoms with Crippen LogP contribution >= 0.6 is 0 Å². The molecule has 3 nitrogen and oxygen atoms in total. The summed E-state index contributed by atoms with van der Waals surface area (Å²) in [6.45, 7) is 8.68. The zero-order chi connectivity index (χ0) is 11.9. The van der Waals surface area contributed by atoms with Gasteiger partial charge in [0, 0.05) is 6.04 Å². The molecule has 1 saturated heterocycles. The monoisotopic (exact) mass is 224 g/mol. The molecule has 1 aliphatic carbocycles. The first-order valence-corrected chi connectivity index (χ1v) is 6.52. The van der Waals surface area contributed by atoms with Crippen molar-refractivity contribution in [3.8, 4) is 0 Å². The zero-order valence-corrected chi connectivity index (χ0v) is 10.9. The lowest BCUT2D eigenvalue weighted by Crippen LogP contribution is -2.51. The average molecular weight is 224 g/mol. The highest BCUT2D eigenvalue weighted by Gasteiger charge is 2.44. The van der Waals surface area contributed by atoms with Crippen molar-refractivity contribution in [2.24, 2.45) is 5.41 Å². The van der Waals surface area contributed by atoms with Gasteiger partial charge in [0.05, 0.1) is 12.2 Å². The Morgan fingerprint density at radius 3 is 2.50 bits per heavy atom. The summed E-state index contributed by atoms with van der Waals surface area (Å²) in [5.74, 6) is 0.285. The average Bonchev–Trinajstić information content (AvgIpc) is 2.42. The first-order chi connectivity index (χ1) is 7.43. The number of nitrogens with one attached hydrogen (secondary N) is 1. The van der Waals surface area contributed by atoms with Gasteiger partial charge < -0.3 is 4.90 Å². The van der Waals surface area contributed by atoms with E-state index < -0.39 is 0 Å². The molecule has 0 aromatic rings. The van der Waals surface area contributed by atoms with E-state index in [9.17, 15) is 4.79 Å². The van der Waals surface area contributed by atoms with Gasteiger partial charge in [-0.3, -0.25) is 10.1 Å². The van der Waals surface area contributed by atoms with Crippen LogP contribution in [-0.4, -0.2) is 29.1 Å². The Morgan fingerprint density at radius 1 is 1.31 bits per heavy atom. The van der Waals surface area contributed by atoms with Gasteiger partial charge in [-0.2, -0.15) is 0 Å². The highest BCUT2D eigenvalue weighted by Crippen LogP contribution is 2.40. The Morgan fingerprint density at radius 2 is 2.00 bits per heavy atom. The summed E-state index contributed by atoms with van der Waals surface area (Å²) < 4.78 is 0. The van der Waals surface area contributed by atoms with Crippen LogP contribution in [0.25, 0.3) is 0 Å². The van der Waals surface area contributed by atoms with Crippen molar-refractivity contribution >= 4 is 5.91 Å². The maximum atomic E-state index is 12.2. The van der Waals surface area contributed by atoms with E-state index in [2.05, 4.69) is 31.0 Å². The molecule has 0 aromatic carbocycles. The highest BCUT2D eigenvalue weighted by molar-refractivity contribution is 5.84. The molecule has 2 rings (SSSR count). The third-order valence-corrected chi connectivity index (χ3v) is 4.32. The fraction of sp³-hybridized carbons (Fsp3) is 0.923. The summed E-state index contributed by atoms with van der Waals surface area (Å²) >= 11 is 0. The molecule has 0 spiro atoms. The summed E-state index contributed by atoms with van der Waals surface area (Å²) in [7, 11) is 0. The van der Waals surface area contributed by atoms with E-state index in [-0.39, 0.29) is 23.5 Å². The van der Waals surface area contributed by atoms with Crippen LogP contribution in [-0.2, 0) is 4.79 Å². The van der Waals surface area contributed by atoms with Gasteiger partial charge in [-0.25, -0.2) is 0 Å². The maximum absolute atomic E-state index is 12.2. The van der Waals surface area contributed by atoms with E-state index >= 15 is 0 Å². The molecule has 1 N–H and O–H groups in total. The number of rotatable bonds is 1. The minimum atomic E-state index is -0.00673. The summed E-state index contributed by atoms with van der Waals surface area (Å²) in [5.41, 5.74) is 0.272. The van der Waals surface area contributed by atoms with Gasteiger partial charge in [0.15, 0.2) is 0 Å². The van der Waals surface area contributed by atoms with Crippen molar-refractivity contribution in [3.05, 3.63) is 0 Å². The summed E-state index contributed by atoms with van der Waals surface area (Å²) in [6, 6.07) is 0.411. The van der Waals surface area contributed by atoms with Crippen LogP contribution in [0.5, 0.6) is 0 Å². The number of nitrogens with zero attached hydrogens (tertiary/aromatic N) is 1. The minimum absolute atomic E-state index is 0.00673. The molecule has 92 valence electrons. The molecule has 0 bridgehead atoms. The van der Waals surface area contributed by atoms with Crippen LogP contribution in [0, 0.1) is 5.41 Å². The molecule has 1 heterocycles. The molecule has 0 aromatic heterocycles. The molecule has 1 aliphatic heterocycles. The third kappa shape index (κ3) is 1.86. The summed E-state index contributed by atoms with van der Waals surface area (Å²) in [6.07, 6.45) is 5.17. The molecular weight excluding hydrogens is 200 g/mol. The number of hydrogen-bond acceptors (Lipinski definition) is 2. The number of carbonyl (C=O) groups excluding carboxylic acids is 1. The second-order valence-electron chi connectivity index (χ2n) is 6.06. The van der Waals surface area contributed by atoms with Crippen molar-refractivity contribution < 1.29 is 4.79 Å². The Kier molecular flexibility index (Phi) is 2.99. The van der Waals surface area contributed by atoms with Crippen LogP contribution in [0.3, 0.4) is 0 Å². The number of hydrogen-bond donors (Lipinski definition) is 1. The van der Waals surface area contributed by atoms with Crippen LogP contribution in [0.4, 0.5) is 0 Å². The van der Waals surface area contributed by atoms with Crippen molar-refractivity contribution in [1.82, 2.24) is 10.2 Å². The smallest absolute Gasteiger partial charge is 0.240 e. The largest absolute Gasteiger partial charge is 0.323 e. The van der Waals surface area contributed by atoms with Crippen LogP contribution in [0.15, 0.2) is 0 Å². The summed E-state index contributed by atoms with van der Waals surface area (Å²) in [5, 5.41) is 3.33. The third-order valence-electron chi connectivity index (χ3n) is 4.32. The molecule has 3 atom stereocenters. The van der Waals surface area contributed by atoms with Crippen LogP contribution in [0.1, 0.15) is 53.4 Å². The Hall–Kier alpha value is -0.570. The van der Waals surface area contributed by atoms with Crippen molar-refractivity contribution in [3.63, 3.8) is 0 Å². The standard InChI is InChI=1S/C13H24N2O/c1-9-12(16)15(10(2)14-9)11-7-5-6-8-13(11,3)4/h9-11,14H,5-8H2,1-4H3. The topological polar surface area (TPSA) is 32.3 Å². The fourth-order valence-corrected chi connectivity index (χ4v) is 3.34. The lowest BCUT2D eigenvalue weighted by molar-refractivity contribution is -0.135. The molecule has 1 saturated carbocycles. The normalized spacial score (nSPS) is 39.1. The minimum Gasteiger partial charge on any atom is -0.323 e. The van der Waals surface area contributed by atoms with Gasteiger partial charge in [-0.1, -0.05) is 26.7 Å². The molecule has 2 fully saturated rings. The van der Waals surface area contributed by atoms with Crippen LogP contribution in [0.2, 0.25) is 0 Å². The van der Waals surface area contributed by atoms with Crippen LogP contribution < -0.4 is 5.32 Å². The molecule has 3 unspecified atom stereocenters. The van der Waals surface area contributed by atoms with E-state index in [4.69, 9.17) is 0 Å². The molecule has 2 aliphatic rings.